The zero-order chi connectivity index (χ0) is 21.1. The van der Waals surface area contributed by atoms with E-state index in [1.54, 1.807) is 0 Å². The average molecular weight is 421 g/mol. The minimum atomic E-state index is -4.16. The molecule has 0 fully saturated rings. The molecule has 0 bridgehead atoms. The summed E-state index contributed by atoms with van der Waals surface area (Å²) in [5, 5.41) is 8.92. The van der Waals surface area contributed by atoms with Crippen LogP contribution in [0.3, 0.4) is 0 Å². The molecule has 0 aliphatic carbocycles. The Morgan fingerprint density at radius 2 is 0.929 bits per heavy atom. The number of rotatable bonds is 21. The number of hydrogen-bond acceptors (Lipinski definition) is 3. The van der Waals surface area contributed by atoms with Crippen molar-refractivity contribution in [2.24, 2.45) is 0 Å². The summed E-state index contributed by atoms with van der Waals surface area (Å²) < 4.78 is 32.2. The van der Waals surface area contributed by atoms with E-state index in [9.17, 15) is 18.1 Å². The summed E-state index contributed by atoms with van der Waals surface area (Å²) in [5.41, 5.74) is 0. The predicted molar refractivity (Wildman–Crippen MR) is 120 cm³/mol. The Labute approximate surface area is 175 Å². The van der Waals surface area contributed by atoms with Gasteiger partial charge in [-0.25, -0.2) is 0 Å². The maximum absolute atomic E-state index is 11.4. The van der Waals surface area contributed by atoms with Crippen LogP contribution in [0.5, 0.6) is 0 Å². The number of hydrogen-bond donors (Lipinski definition) is 2. The van der Waals surface area contributed by atoms with Crippen LogP contribution in [0.1, 0.15) is 136 Å². The quantitative estimate of drug-likeness (QED) is 0.154. The average Bonchev–Trinajstić information content (AvgIpc) is 2.63. The highest BCUT2D eigenvalue weighted by atomic mass is 32.2. The van der Waals surface area contributed by atoms with E-state index in [-0.39, 0.29) is 0 Å². The monoisotopic (exact) mass is 420 g/mol. The maximum Gasteiger partial charge on any atom is 0.270 e. The molecule has 2 atom stereocenters. The van der Waals surface area contributed by atoms with Gasteiger partial charge in [0.15, 0.2) is 0 Å². The van der Waals surface area contributed by atoms with Crippen LogP contribution in [0.25, 0.3) is 0 Å². The molecule has 0 heterocycles. The van der Waals surface area contributed by atoms with Crippen LogP contribution < -0.4 is 0 Å². The standard InChI is InChI=1S/C23H48O4S/c1-3-5-6-7-8-9-10-11-12-13-14-15-16-17-18-19-21-23(28(25,26)27)22(24)20-4-2/h22-24H,3-21H2,1-2H3,(H,25,26,27). The van der Waals surface area contributed by atoms with E-state index < -0.39 is 21.5 Å². The molecule has 0 radical (unpaired) electrons. The third-order valence-electron chi connectivity index (χ3n) is 5.74. The van der Waals surface area contributed by atoms with Crippen LogP contribution in [-0.2, 0) is 10.1 Å². The van der Waals surface area contributed by atoms with Crippen molar-refractivity contribution in [3.63, 3.8) is 0 Å². The minimum absolute atomic E-state index is 0.360. The van der Waals surface area contributed by atoms with Crippen molar-refractivity contribution in [1.82, 2.24) is 0 Å². The van der Waals surface area contributed by atoms with Crippen LogP contribution in [0, 0.1) is 0 Å². The summed E-state index contributed by atoms with van der Waals surface area (Å²) in [6.45, 7) is 4.16. The van der Waals surface area contributed by atoms with Gasteiger partial charge in [-0.05, 0) is 12.8 Å². The lowest BCUT2D eigenvalue weighted by Gasteiger charge is -2.19. The summed E-state index contributed by atoms with van der Waals surface area (Å²) in [4.78, 5) is 0. The van der Waals surface area contributed by atoms with E-state index >= 15 is 0 Å². The Kier molecular flexibility index (Phi) is 18.8. The van der Waals surface area contributed by atoms with Crippen molar-refractivity contribution >= 4 is 10.1 Å². The van der Waals surface area contributed by atoms with E-state index in [0.717, 1.165) is 19.3 Å². The van der Waals surface area contributed by atoms with Gasteiger partial charge in [-0.1, -0.05) is 123 Å². The Morgan fingerprint density at radius 1 is 0.571 bits per heavy atom. The van der Waals surface area contributed by atoms with Crippen LogP contribution in [0.15, 0.2) is 0 Å². The van der Waals surface area contributed by atoms with Crippen LogP contribution >= 0.6 is 0 Å². The van der Waals surface area contributed by atoms with Crippen molar-refractivity contribution in [2.45, 2.75) is 147 Å². The molecule has 0 aromatic rings. The molecular formula is C23H48O4S. The lowest BCUT2D eigenvalue weighted by Crippen LogP contribution is -2.33. The first kappa shape index (κ1) is 27.9. The second kappa shape index (κ2) is 18.9. The van der Waals surface area contributed by atoms with Crippen LogP contribution in [0.2, 0.25) is 0 Å². The van der Waals surface area contributed by atoms with Crippen molar-refractivity contribution in [1.29, 1.82) is 0 Å². The molecule has 0 spiro atoms. The first-order valence-electron chi connectivity index (χ1n) is 12.1. The first-order chi connectivity index (χ1) is 13.4. The molecule has 5 heteroatoms. The second-order valence-electron chi connectivity index (χ2n) is 8.50. The molecule has 28 heavy (non-hydrogen) atoms. The lowest BCUT2D eigenvalue weighted by molar-refractivity contribution is 0.149. The SMILES string of the molecule is CCCCCCCCCCCCCCCCCCC(C(O)CCC)S(=O)(=O)O. The zero-order valence-electron chi connectivity index (χ0n) is 18.7. The Hall–Kier alpha value is -0.130. The summed E-state index contributed by atoms with van der Waals surface area (Å²) >= 11 is 0. The molecule has 0 rings (SSSR count). The third kappa shape index (κ3) is 16.8. The van der Waals surface area contributed by atoms with Gasteiger partial charge in [-0.15, -0.1) is 0 Å². The normalized spacial score (nSPS) is 14.3. The summed E-state index contributed by atoms with van der Waals surface area (Å²) in [7, 11) is -4.16. The molecule has 0 aromatic carbocycles. The Bertz CT molecular complexity index is 422. The van der Waals surface area contributed by atoms with E-state index in [1.807, 2.05) is 6.92 Å². The molecule has 0 aromatic heterocycles. The second-order valence-corrected chi connectivity index (χ2v) is 10.1. The van der Waals surface area contributed by atoms with Crippen molar-refractivity contribution < 1.29 is 18.1 Å². The van der Waals surface area contributed by atoms with Gasteiger partial charge in [0.1, 0.15) is 5.25 Å². The molecule has 0 aliphatic rings. The van der Waals surface area contributed by atoms with Gasteiger partial charge in [-0.2, -0.15) is 8.42 Å². The van der Waals surface area contributed by atoms with E-state index in [0.29, 0.717) is 19.3 Å². The molecule has 4 nitrogen and oxygen atoms in total. The molecule has 170 valence electrons. The summed E-state index contributed by atoms with van der Waals surface area (Å²) in [6, 6.07) is 0. The molecule has 0 amide bonds. The minimum Gasteiger partial charge on any atom is -0.392 e. The van der Waals surface area contributed by atoms with Gasteiger partial charge >= 0.3 is 0 Å². The topological polar surface area (TPSA) is 74.6 Å². The smallest absolute Gasteiger partial charge is 0.270 e. The fourth-order valence-corrected chi connectivity index (χ4v) is 4.91. The molecule has 0 saturated heterocycles. The summed E-state index contributed by atoms with van der Waals surface area (Å²) in [6.07, 6.45) is 21.0. The van der Waals surface area contributed by atoms with Crippen molar-refractivity contribution in [2.75, 3.05) is 0 Å². The molecule has 0 aliphatic heterocycles. The van der Waals surface area contributed by atoms with E-state index in [2.05, 4.69) is 6.92 Å². The van der Waals surface area contributed by atoms with Crippen molar-refractivity contribution in [3.8, 4) is 0 Å². The largest absolute Gasteiger partial charge is 0.392 e. The summed E-state index contributed by atoms with van der Waals surface area (Å²) in [5.74, 6) is 0. The molecule has 2 unspecified atom stereocenters. The zero-order valence-corrected chi connectivity index (χ0v) is 19.5. The highest BCUT2D eigenvalue weighted by Crippen LogP contribution is 2.19. The fourth-order valence-electron chi connectivity index (χ4n) is 3.92. The van der Waals surface area contributed by atoms with Gasteiger partial charge in [0.25, 0.3) is 10.1 Å². The fraction of sp³-hybridized carbons (Fsp3) is 1.00. The molecular weight excluding hydrogens is 372 g/mol. The first-order valence-corrected chi connectivity index (χ1v) is 13.6. The number of aliphatic hydroxyl groups is 1. The van der Waals surface area contributed by atoms with Gasteiger partial charge in [0, 0.05) is 0 Å². The number of aliphatic hydroxyl groups excluding tert-OH is 1. The van der Waals surface area contributed by atoms with Gasteiger partial charge in [0.05, 0.1) is 6.10 Å². The van der Waals surface area contributed by atoms with Crippen molar-refractivity contribution in [3.05, 3.63) is 0 Å². The maximum atomic E-state index is 11.4. The van der Waals surface area contributed by atoms with Crippen LogP contribution in [0.4, 0.5) is 0 Å². The van der Waals surface area contributed by atoms with Crippen LogP contribution in [-0.4, -0.2) is 29.4 Å². The Morgan fingerprint density at radius 3 is 1.25 bits per heavy atom. The van der Waals surface area contributed by atoms with Gasteiger partial charge < -0.3 is 5.11 Å². The third-order valence-corrected chi connectivity index (χ3v) is 7.05. The highest BCUT2D eigenvalue weighted by Gasteiger charge is 2.29. The van der Waals surface area contributed by atoms with Gasteiger partial charge in [0.2, 0.25) is 0 Å². The predicted octanol–water partition coefficient (Wildman–Crippen LogP) is 7.06. The van der Waals surface area contributed by atoms with E-state index in [1.165, 1.54) is 83.5 Å². The Balaban J connectivity index is 3.47. The van der Waals surface area contributed by atoms with Gasteiger partial charge in [-0.3, -0.25) is 4.55 Å². The lowest BCUT2D eigenvalue weighted by atomic mass is 10.0. The molecule has 0 saturated carbocycles. The molecule has 2 N–H and O–H groups in total. The highest BCUT2D eigenvalue weighted by molar-refractivity contribution is 7.86. The van der Waals surface area contributed by atoms with E-state index in [4.69, 9.17) is 0 Å². The number of unbranched alkanes of at least 4 members (excludes halogenated alkanes) is 15.